The molecule has 0 spiro atoms. The average molecular weight is 344 g/mol. The Hall–Kier alpha value is -2.05. The van der Waals surface area contributed by atoms with Gasteiger partial charge in [0, 0.05) is 36.7 Å². The molecule has 0 aliphatic carbocycles. The fourth-order valence-corrected chi connectivity index (χ4v) is 3.53. The van der Waals surface area contributed by atoms with Crippen molar-refractivity contribution in [2.24, 2.45) is 0 Å². The summed E-state index contributed by atoms with van der Waals surface area (Å²) < 4.78 is 16.6. The van der Waals surface area contributed by atoms with Gasteiger partial charge in [-0.2, -0.15) is 0 Å². The molecule has 25 heavy (non-hydrogen) atoms. The lowest BCUT2D eigenvalue weighted by molar-refractivity contribution is 0.00639. The highest BCUT2D eigenvalue weighted by Gasteiger charge is 2.17. The molecule has 1 atom stereocenters. The number of rotatable bonds is 5. The third-order valence-corrected chi connectivity index (χ3v) is 4.96. The van der Waals surface area contributed by atoms with Gasteiger partial charge < -0.3 is 24.1 Å². The Labute approximate surface area is 146 Å². The number of hydrogen-bond donors (Lipinski definition) is 1. The van der Waals surface area contributed by atoms with E-state index < -0.39 is 0 Å². The van der Waals surface area contributed by atoms with E-state index >= 15 is 0 Å². The smallest absolute Gasteiger partial charge is 0.252 e. The second-order valence-electron chi connectivity index (χ2n) is 6.93. The van der Waals surface area contributed by atoms with Crippen LogP contribution >= 0.6 is 0 Å². The monoisotopic (exact) mass is 344 g/mol. The molecule has 1 fully saturated rings. The number of aromatic nitrogens is 1. The van der Waals surface area contributed by atoms with Crippen LogP contribution in [0.1, 0.15) is 31.2 Å². The number of nitrogens with one attached hydrogen (secondary N) is 1. The number of hydrogen-bond acceptors (Lipinski definition) is 5. The Balaban J connectivity index is 1.46. The topological polar surface area (TPSA) is 63.8 Å². The van der Waals surface area contributed by atoms with Gasteiger partial charge in [-0.15, -0.1) is 0 Å². The fraction of sp³-hybridized carbons (Fsp3) is 0.526. The number of H-pyrrole nitrogens is 1. The molecule has 6 heteroatoms. The van der Waals surface area contributed by atoms with Gasteiger partial charge in [-0.3, -0.25) is 4.79 Å². The van der Waals surface area contributed by atoms with Crippen molar-refractivity contribution in [1.29, 1.82) is 0 Å². The van der Waals surface area contributed by atoms with E-state index in [2.05, 4.69) is 9.88 Å². The summed E-state index contributed by atoms with van der Waals surface area (Å²) in [4.78, 5) is 17.5. The van der Waals surface area contributed by atoms with Crippen LogP contribution in [0.4, 0.5) is 0 Å². The number of nitrogens with zero attached hydrogens (tertiary/aromatic N) is 1. The van der Waals surface area contributed by atoms with Gasteiger partial charge in [0.15, 0.2) is 11.5 Å². The molecule has 6 nitrogen and oxygen atoms in total. The maximum Gasteiger partial charge on any atom is 0.252 e. The van der Waals surface area contributed by atoms with Crippen LogP contribution in [0.2, 0.25) is 0 Å². The van der Waals surface area contributed by atoms with Gasteiger partial charge in [0.1, 0.15) is 0 Å². The second-order valence-corrected chi connectivity index (χ2v) is 6.93. The maximum absolute atomic E-state index is 12.4. The molecule has 0 amide bonds. The Morgan fingerprint density at radius 3 is 2.84 bits per heavy atom. The molecule has 0 saturated carbocycles. The van der Waals surface area contributed by atoms with Crippen LogP contribution in [0.15, 0.2) is 23.0 Å². The first kappa shape index (κ1) is 16.4. The molecule has 2 aliphatic heterocycles. The van der Waals surface area contributed by atoms with E-state index in [0.717, 1.165) is 48.2 Å². The molecule has 1 N–H and O–H groups in total. The minimum absolute atomic E-state index is 0.0490. The molecule has 1 aromatic carbocycles. The quantitative estimate of drug-likeness (QED) is 0.903. The third-order valence-electron chi connectivity index (χ3n) is 4.96. The van der Waals surface area contributed by atoms with Crippen LogP contribution in [0.25, 0.3) is 10.9 Å². The molecule has 2 aromatic rings. The van der Waals surface area contributed by atoms with Crippen LogP contribution in [0.3, 0.4) is 0 Å². The zero-order valence-electron chi connectivity index (χ0n) is 14.5. The zero-order valence-corrected chi connectivity index (χ0v) is 14.5. The van der Waals surface area contributed by atoms with E-state index in [1.54, 1.807) is 0 Å². The van der Waals surface area contributed by atoms with Crippen LogP contribution in [-0.4, -0.2) is 43.0 Å². The number of pyridine rings is 1. The first-order valence-electron chi connectivity index (χ1n) is 8.95. The lowest BCUT2D eigenvalue weighted by Crippen LogP contribution is -2.28. The lowest BCUT2D eigenvalue weighted by Gasteiger charge is -2.25. The maximum atomic E-state index is 12.4. The summed E-state index contributed by atoms with van der Waals surface area (Å²) in [6.07, 6.45) is 4.97. The molecule has 2 aliphatic rings. The summed E-state index contributed by atoms with van der Waals surface area (Å²) in [5.74, 6) is 1.41. The summed E-state index contributed by atoms with van der Waals surface area (Å²) in [6, 6.07) is 5.70. The summed E-state index contributed by atoms with van der Waals surface area (Å²) in [6.45, 7) is 2.65. The molecule has 1 saturated heterocycles. The molecule has 0 unspecified atom stereocenters. The van der Waals surface area contributed by atoms with Crippen LogP contribution in [0.5, 0.6) is 11.5 Å². The van der Waals surface area contributed by atoms with E-state index in [9.17, 15) is 4.79 Å². The third kappa shape index (κ3) is 3.65. The van der Waals surface area contributed by atoms with Gasteiger partial charge in [-0.05, 0) is 44.9 Å². The lowest BCUT2D eigenvalue weighted by atomic mass is 10.1. The van der Waals surface area contributed by atoms with Crippen molar-refractivity contribution in [2.45, 2.75) is 38.3 Å². The summed E-state index contributed by atoms with van der Waals surface area (Å²) >= 11 is 0. The molecule has 0 radical (unpaired) electrons. The number of fused-ring (bicyclic) bond motifs is 2. The highest BCUT2D eigenvalue weighted by atomic mass is 16.7. The SMILES string of the molecule is CN(CC[C@@H]1CCCCO1)Cc1cc2cc3c(cc2[nH]c1=O)OCO3. The first-order valence-corrected chi connectivity index (χ1v) is 8.95. The van der Waals surface area contributed by atoms with Crippen LogP contribution in [0, 0.1) is 0 Å². The van der Waals surface area contributed by atoms with E-state index in [1.807, 2.05) is 25.2 Å². The summed E-state index contributed by atoms with van der Waals surface area (Å²) in [5.41, 5.74) is 1.49. The van der Waals surface area contributed by atoms with Gasteiger partial charge >= 0.3 is 0 Å². The van der Waals surface area contributed by atoms with Gasteiger partial charge in [0.25, 0.3) is 5.56 Å². The zero-order chi connectivity index (χ0) is 17.2. The highest BCUT2D eigenvalue weighted by Crippen LogP contribution is 2.35. The molecule has 0 bridgehead atoms. The predicted molar refractivity (Wildman–Crippen MR) is 95.2 cm³/mol. The molecular weight excluding hydrogens is 320 g/mol. The van der Waals surface area contributed by atoms with Crippen LogP contribution in [-0.2, 0) is 11.3 Å². The highest BCUT2D eigenvalue weighted by molar-refractivity contribution is 5.83. The van der Waals surface area contributed by atoms with Crippen molar-refractivity contribution in [1.82, 2.24) is 9.88 Å². The van der Waals surface area contributed by atoms with Gasteiger partial charge in [0.2, 0.25) is 6.79 Å². The Bertz CT molecular complexity index is 811. The standard InChI is InChI=1S/C19H24N2O4/c1-21(6-5-15-4-2-3-7-23-15)11-14-8-13-9-17-18(25-12-24-17)10-16(13)20-19(14)22/h8-10,15H,2-7,11-12H2,1H3,(H,20,22)/t15-/m0/s1. The second kappa shape index (κ2) is 7.06. The molecule has 1 aromatic heterocycles. The average Bonchev–Trinajstić information content (AvgIpc) is 3.07. The Morgan fingerprint density at radius 2 is 2.04 bits per heavy atom. The largest absolute Gasteiger partial charge is 0.454 e. The van der Waals surface area contributed by atoms with Crippen molar-refractivity contribution >= 4 is 10.9 Å². The minimum atomic E-state index is -0.0490. The minimum Gasteiger partial charge on any atom is -0.454 e. The fourth-order valence-electron chi connectivity index (χ4n) is 3.53. The van der Waals surface area contributed by atoms with Gasteiger partial charge in [0.05, 0.1) is 11.6 Å². The Kier molecular flexibility index (Phi) is 4.63. The molecule has 3 heterocycles. The first-order chi connectivity index (χ1) is 12.2. The predicted octanol–water partition coefficient (Wildman–Crippen LogP) is 2.65. The molecule has 134 valence electrons. The van der Waals surface area contributed by atoms with E-state index in [0.29, 0.717) is 18.4 Å². The normalized spacial score (nSPS) is 19.7. The van der Waals surface area contributed by atoms with Crippen molar-refractivity contribution in [2.75, 3.05) is 27.0 Å². The Morgan fingerprint density at radius 1 is 1.20 bits per heavy atom. The van der Waals surface area contributed by atoms with Crippen molar-refractivity contribution in [3.05, 3.63) is 34.1 Å². The number of benzene rings is 1. The van der Waals surface area contributed by atoms with Gasteiger partial charge in [-0.25, -0.2) is 0 Å². The summed E-state index contributed by atoms with van der Waals surface area (Å²) in [5, 5.41) is 0.961. The molecular formula is C19H24N2O4. The summed E-state index contributed by atoms with van der Waals surface area (Å²) in [7, 11) is 2.05. The van der Waals surface area contributed by atoms with Gasteiger partial charge in [-0.1, -0.05) is 0 Å². The number of ether oxygens (including phenoxy) is 3. The van der Waals surface area contributed by atoms with E-state index in [1.165, 1.54) is 12.8 Å². The molecule has 4 rings (SSSR count). The van der Waals surface area contributed by atoms with Crippen LogP contribution < -0.4 is 15.0 Å². The van der Waals surface area contributed by atoms with Crippen molar-refractivity contribution in [3.63, 3.8) is 0 Å². The van der Waals surface area contributed by atoms with Crippen molar-refractivity contribution in [3.8, 4) is 11.5 Å². The van der Waals surface area contributed by atoms with Crippen molar-refractivity contribution < 1.29 is 14.2 Å². The number of aromatic amines is 1. The van der Waals surface area contributed by atoms with E-state index in [-0.39, 0.29) is 12.4 Å². The van der Waals surface area contributed by atoms with E-state index in [4.69, 9.17) is 14.2 Å².